The molecule has 1 N–H and O–H groups in total. The minimum atomic E-state index is -0.128. The lowest BCUT2D eigenvalue weighted by molar-refractivity contribution is -0.111. The average Bonchev–Trinajstić information content (AvgIpc) is 2.91. The Balaban J connectivity index is 1.67. The first-order valence-corrected chi connectivity index (χ1v) is 9.74. The molecule has 0 aromatic carbocycles. The summed E-state index contributed by atoms with van der Waals surface area (Å²) < 4.78 is 0. The molecule has 0 aliphatic heterocycles. The minimum absolute atomic E-state index is 0.0645. The van der Waals surface area contributed by atoms with Crippen LogP contribution in [0, 0.1) is 28.6 Å². The fraction of sp³-hybridized carbons (Fsp3) is 0.682. The van der Waals surface area contributed by atoms with Crippen molar-refractivity contribution in [2.24, 2.45) is 28.6 Å². The van der Waals surface area contributed by atoms with Crippen molar-refractivity contribution in [3.8, 4) is 0 Å². The predicted octanol–water partition coefficient (Wildman–Crippen LogP) is 4.60. The van der Waals surface area contributed by atoms with E-state index in [9.17, 15) is 9.90 Å². The highest BCUT2D eigenvalue weighted by molar-refractivity contribution is 6.01. The van der Waals surface area contributed by atoms with Crippen molar-refractivity contribution in [1.29, 1.82) is 0 Å². The van der Waals surface area contributed by atoms with Crippen molar-refractivity contribution in [2.75, 3.05) is 0 Å². The van der Waals surface area contributed by atoms with E-state index in [0.717, 1.165) is 32.1 Å². The summed E-state index contributed by atoms with van der Waals surface area (Å²) in [5, 5.41) is 10.8. The minimum Gasteiger partial charge on any atom is -0.393 e. The second kappa shape index (κ2) is 5.69. The zero-order chi connectivity index (χ0) is 16.9. The number of carbonyl (C=O) groups is 1. The molecule has 2 nitrogen and oxygen atoms in total. The monoisotopic (exact) mass is 326 g/mol. The topological polar surface area (TPSA) is 37.3 Å². The normalized spacial score (nSPS) is 46.8. The van der Waals surface area contributed by atoms with Crippen molar-refractivity contribution in [3.63, 3.8) is 0 Å². The summed E-state index contributed by atoms with van der Waals surface area (Å²) in [6.45, 7) is 6.25. The third-order valence-corrected chi connectivity index (χ3v) is 8.04. The van der Waals surface area contributed by atoms with Crippen LogP contribution >= 0.6 is 0 Å². The van der Waals surface area contributed by atoms with Crippen LogP contribution in [0.25, 0.3) is 0 Å². The highest BCUT2D eigenvalue weighted by Crippen LogP contribution is 2.65. The zero-order valence-electron chi connectivity index (χ0n) is 14.8. The SMILES string of the molecule is C=CCC[C@]12CC[C@H]3[C@@H](CCC4=CC(=O)C=C[C@@]43C)[C@@H]1CC[C@H]2O. The van der Waals surface area contributed by atoms with Gasteiger partial charge in [0.05, 0.1) is 6.10 Å². The Morgan fingerprint density at radius 1 is 1.29 bits per heavy atom. The Hall–Kier alpha value is -1.15. The molecule has 0 spiro atoms. The maximum atomic E-state index is 11.8. The number of rotatable bonds is 3. The lowest BCUT2D eigenvalue weighted by Gasteiger charge is -2.57. The molecule has 0 radical (unpaired) electrons. The highest BCUT2D eigenvalue weighted by Gasteiger charge is 2.59. The van der Waals surface area contributed by atoms with E-state index >= 15 is 0 Å². The van der Waals surface area contributed by atoms with Crippen LogP contribution in [-0.2, 0) is 4.79 Å². The van der Waals surface area contributed by atoms with Gasteiger partial charge in [0.15, 0.2) is 5.78 Å². The largest absolute Gasteiger partial charge is 0.393 e. The van der Waals surface area contributed by atoms with Gasteiger partial charge in [-0.15, -0.1) is 6.58 Å². The van der Waals surface area contributed by atoms with Gasteiger partial charge in [0, 0.05) is 5.41 Å². The van der Waals surface area contributed by atoms with Crippen LogP contribution in [0.4, 0.5) is 0 Å². The van der Waals surface area contributed by atoms with Crippen molar-refractivity contribution >= 4 is 5.78 Å². The van der Waals surface area contributed by atoms with E-state index in [0.29, 0.717) is 17.8 Å². The maximum Gasteiger partial charge on any atom is 0.178 e. The number of hydrogen-bond donors (Lipinski definition) is 1. The fourth-order valence-electron chi connectivity index (χ4n) is 6.83. The van der Waals surface area contributed by atoms with E-state index in [1.807, 2.05) is 12.2 Å². The molecule has 0 amide bonds. The molecule has 2 heteroatoms. The summed E-state index contributed by atoms with van der Waals surface area (Å²) in [6.07, 6.45) is 16.6. The molecule has 0 aromatic rings. The van der Waals surface area contributed by atoms with Gasteiger partial charge in [-0.2, -0.15) is 0 Å². The third kappa shape index (κ3) is 2.15. The number of aliphatic hydroxyl groups is 1. The summed E-state index contributed by atoms with van der Waals surface area (Å²) in [4.78, 5) is 11.8. The molecule has 0 aromatic heterocycles. The summed E-state index contributed by atoms with van der Waals surface area (Å²) in [5.74, 6) is 2.14. The zero-order valence-corrected chi connectivity index (χ0v) is 14.8. The standard InChI is InChI=1S/C22H30O2/c1-3-4-11-22-13-10-18-17(19(22)7-8-20(22)24)6-5-15-14-16(23)9-12-21(15,18)2/h3,9,12,14,17-20,24H,1,4-8,10-11,13H2,2H3/t17-,18+,19+,20-,21+,22+/m1/s1. The van der Waals surface area contributed by atoms with Crippen LogP contribution in [0.1, 0.15) is 58.3 Å². The van der Waals surface area contributed by atoms with Crippen molar-refractivity contribution in [2.45, 2.75) is 64.4 Å². The lowest BCUT2D eigenvalue weighted by Crippen LogP contribution is -2.51. The average molecular weight is 326 g/mol. The van der Waals surface area contributed by atoms with Crippen LogP contribution in [-0.4, -0.2) is 17.0 Å². The first kappa shape index (κ1) is 16.3. The van der Waals surface area contributed by atoms with Crippen molar-refractivity contribution < 1.29 is 9.90 Å². The molecule has 0 heterocycles. The number of aliphatic hydroxyl groups excluding tert-OH is 1. The molecule has 4 rings (SSSR count). The van der Waals surface area contributed by atoms with E-state index in [4.69, 9.17) is 0 Å². The van der Waals surface area contributed by atoms with Crippen LogP contribution in [0.15, 0.2) is 36.5 Å². The molecule has 24 heavy (non-hydrogen) atoms. The quantitative estimate of drug-likeness (QED) is 0.770. The Kier molecular flexibility index (Phi) is 3.87. The van der Waals surface area contributed by atoms with E-state index in [2.05, 4.69) is 19.6 Å². The molecule has 0 unspecified atom stereocenters. The summed E-state index contributed by atoms with van der Waals surface area (Å²) in [7, 11) is 0. The van der Waals surface area contributed by atoms with Crippen LogP contribution in [0.3, 0.4) is 0 Å². The fourth-order valence-corrected chi connectivity index (χ4v) is 6.83. The second-order valence-corrected chi connectivity index (χ2v) is 8.80. The van der Waals surface area contributed by atoms with Crippen molar-refractivity contribution in [3.05, 3.63) is 36.5 Å². The smallest absolute Gasteiger partial charge is 0.178 e. The maximum absolute atomic E-state index is 11.8. The number of ketones is 1. The van der Waals surface area contributed by atoms with Gasteiger partial charge in [0.2, 0.25) is 0 Å². The molecular formula is C22H30O2. The van der Waals surface area contributed by atoms with Gasteiger partial charge >= 0.3 is 0 Å². The molecular weight excluding hydrogens is 296 g/mol. The Morgan fingerprint density at radius 2 is 2.12 bits per heavy atom. The van der Waals surface area contributed by atoms with E-state index in [1.54, 1.807) is 6.08 Å². The second-order valence-electron chi connectivity index (χ2n) is 8.80. The van der Waals surface area contributed by atoms with Crippen LogP contribution in [0.2, 0.25) is 0 Å². The lowest BCUT2D eigenvalue weighted by atomic mass is 9.47. The predicted molar refractivity (Wildman–Crippen MR) is 96.4 cm³/mol. The first-order valence-electron chi connectivity index (χ1n) is 9.74. The summed E-state index contributed by atoms with van der Waals surface area (Å²) >= 11 is 0. The molecule has 0 saturated heterocycles. The summed E-state index contributed by atoms with van der Waals surface area (Å²) in [6, 6.07) is 0. The van der Waals surface area contributed by atoms with Crippen LogP contribution in [0.5, 0.6) is 0 Å². The molecule has 3 fully saturated rings. The number of carbonyl (C=O) groups excluding carboxylic acids is 1. The van der Waals surface area contributed by atoms with E-state index in [1.165, 1.54) is 24.8 Å². The highest BCUT2D eigenvalue weighted by atomic mass is 16.3. The van der Waals surface area contributed by atoms with E-state index in [-0.39, 0.29) is 22.7 Å². The Labute approximate surface area is 145 Å². The third-order valence-electron chi connectivity index (χ3n) is 8.04. The number of hydrogen-bond acceptors (Lipinski definition) is 2. The molecule has 130 valence electrons. The number of allylic oxidation sites excluding steroid dienone is 5. The Bertz CT molecular complexity index is 615. The van der Waals surface area contributed by atoms with Gasteiger partial charge in [0.1, 0.15) is 0 Å². The molecule has 4 aliphatic carbocycles. The molecule has 6 atom stereocenters. The van der Waals surface area contributed by atoms with Gasteiger partial charge in [-0.3, -0.25) is 4.79 Å². The van der Waals surface area contributed by atoms with E-state index < -0.39 is 0 Å². The molecule has 0 bridgehead atoms. The van der Waals surface area contributed by atoms with Gasteiger partial charge in [0.25, 0.3) is 0 Å². The van der Waals surface area contributed by atoms with Gasteiger partial charge in [-0.05, 0) is 86.7 Å². The number of fused-ring (bicyclic) bond motifs is 5. The molecule has 3 saturated carbocycles. The van der Waals surface area contributed by atoms with Gasteiger partial charge in [-0.25, -0.2) is 0 Å². The van der Waals surface area contributed by atoms with Crippen LogP contribution < -0.4 is 0 Å². The first-order chi connectivity index (χ1) is 11.5. The van der Waals surface area contributed by atoms with Gasteiger partial charge in [-0.1, -0.05) is 24.6 Å². The Morgan fingerprint density at radius 3 is 2.92 bits per heavy atom. The molecule has 4 aliphatic rings. The summed E-state index contributed by atoms with van der Waals surface area (Å²) in [5.41, 5.74) is 1.55. The van der Waals surface area contributed by atoms with Crippen molar-refractivity contribution in [1.82, 2.24) is 0 Å². The van der Waals surface area contributed by atoms with Gasteiger partial charge < -0.3 is 5.11 Å².